The van der Waals surface area contributed by atoms with Crippen molar-refractivity contribution >= 4 is 0 Å². The van der Waals surface area contributed by atoms with E-state index in [1.165, 1.54) is 38.0 Å². The first-order chi connectivity index (χ1) is 13.5. The van der Waals surface area contributed by atoms with E-state index < -0.39 is 0 Å². The van der Waals surface area contributed by atoms with Crippen LogP contribution in [0.2, 0.25) is 0 Å². The molecule has 0 aromatic rings. The van der Waals surface area contributed by atoms with E-state index in [1.807, 2.05) is 0 Å². The van der Waals surface area contributed by atoms with Crippen LogP contribution in [0.25, 0.3) is 0 Å². The molecule has 0 aromatic carbocycles. The standard InChI is InChI=1S/C28H48/c1-5-8-21-13-17-27-23(19-21)14-18-28(27)24-12-11-22(10-7-6-9-20(2)3)26(24,4)16-15-25(27)28/h20-25H,5-19H2,1-4H3. The molecule has 0 aliphatic heterocycles. The van der Waals surface area contributed by atoms with Gasteiger partial charge in [0, 0.05) is 0 Å². The van der Waals surface area contributed by atoms with E-state index in [4.69, 9.17) is 0 Å². The molecule has 8 atom stereocenters. The van der Waals surface area contributed by atoms with Crippen LogP contribution in [0.3, 0.4) is 0 Å². The van der Waals surface area contributed by atoms with Gasteiger partial charge in [0.2, 0.25) is 0 Å². The highest BCUT2D eigenvalue weighted by Crippen LogP contribution is 2.92. The van der Waals surface area contributed by atoms with Gasteiger partial charge in [0.25, 0.3) is 0 Å². The SMILES string of the molecule is CCCC1CCC23C(CCC24C2CCC(CCCCC(C)C)C2(C)CCC34)C1. The molecule has 2 spiro atoms. The van der Waals surface area contributed by atoms with E-state index in [-0.39, 0.29) is 0 Å². The number of hydrogen-bond donors (Lipinski definition) is 0. The molecule has 8 unspecified atom stereocenters. The first kappa shape index (κ1) is 19.9. The lowest BCUT2D eigenvalue weighted by Gasteiger charge is -2.45. The highest BCUT2D eigenvalue weighted by molar-refractivity contribution is 5.33. The van der Waals surface area contributed by atoms with E-state index in [2.05, 4.69) is 27.7 Å². The zero-order valence-electron chi connectivity index (χ0n) is 19.6. The molecule has 0 amide bonds. The molecule has 5 aliphatic rings. The maximum atomic E-state index is 2.78. The number of hydrogen-bond acceptors (Lipinski definition) is 0. The van der Waals surface area contributed by atoms with Crippen molar-refractivity contribution in [1.82, 2.24) is 0 Å². The second-order valence-electron chi connectivity index (χ2n) is 12.8. The Balaban J connectivity index is 1.30. The summed E-state index contributed by atoms with van der Waals surface area (Å²) in [5, 5.41) is 0. The van der Waals surface area contributed by atoms with Gasteiger partial charge in [-0.25, -0.2) is 0 Å². The summed E-state index contributed by atoms with van der Waals surface area (Å²) < 4.78 is 0. The van der Waals surface area contributed by atoms with Crippen LogP contribution in [0.4, 0.5) is 0 Å². The van der Waals surface area contributed by atoms with Crippen LogP contribution in [-0.2, 0) is 0 Å². The van der Waals surface area contributed by atoms with Crippen LogP contribution in [0.1, 0.15) is 124 Å². The van der Waals surface area contributed by atoms with Crippen molar-refractivity contribution in [2.45, 2.75) is 124 Å². The van der Waals surface area contributed by atoms with Gasteiger partial charge in [0.05, 0.1) is 0 Å². The van der Waals surface area contributed by atoms with Crippen molar-refractivity contribution in [1.29, 1.82) is 0 Å². The third-order valence-electron chi connectivity index (χ3n) is 11.7. The molecule has 0 heteroatoms. The Morgan fingerprint density at radius 1 is 0.821 bits per heavy atom. The predicted molar refractivity (Wildman–Crippen MR) is 120 cm³/mol. The van der Waals surface area contributed by atoms with E-state index in [9.17, 15) is 0 Å². The Hall–Kier alpha value is 0. The van der Waals surface area contributed by atoms with Crippen LogP contribution >= 0.6 is 0 Å². The van der Waals surface area contributed by atoms with Crippen LogP contribution in [-0.4, -0.2) is 0 Å². The molecule has 0 N–H and O–H groups in total. The molecule has 0 radical (unpaired) electrons. The Morgan fingerprint density at radius 2 is 1.64 bits per heavy atom. The Bertz CT molecular complexity index is 577. The zero-order chi connectivity index (χ0) is 19.6. The molecule has 0 heterocycles. The van der Waals surface area contributed by atoms with Gasteiger partial charge in [-0.3, -0.25) is 0 Å². The fraction of sp³-hybridized carbons (Fsp3) is 1.00. The molecule has 5 rings (SSSR count). The van der Waals surface area contributed by atoms with Crippen molar-refractivity contribution < 1.29 is 0 Å². The number of rotatable bonds is 7. The van der Waals surface area contributed by atoms with Crippen molar-refractivity contribution in [3.8, 4) is 0 Å². The fourth-order valence-corrected chi connectivity index (χ4v) is 10.7. The van der Waals surface area contributed by atoms with Crippen LogP contribution < -0.4 is 0 Å². The van der Waals surface area contributed by atoms with Crippen molar-refractivity contribution in [3.63, 3.8) is 0 Å². The monoisotopic (exact) mass is 384 g/mol. The van der Waals surface area contributed by atoms with Gasteiger partial charge in [-0.15, -0.1) is 0 Å². The third kappa shape index (κ3) is 2.54. The molecule has 0 aromatic heterocycles. The largest absolute Gasteiger partial charge is 0.0654 e. The van der Waals surface area contributed by atoms with Crippen molar-refractivity contribution in [3.05, 3.63) is 0 Å². The van der Waals surface area contributed by atoms with Crippen LogP contribution in [0.15, 0.2) is 0 Å². The summed E-state index contributed by atoms with van der Waals surface area (Å²) in [6, 6.07) is 0. The second-order valence-corrected chi connectivity index (χ2v) is 12.8. The summed E-state index contributed by atoms with van der Waals surface area (Å²) in [4.78, 5) is 0. The number of fused-ring (bicyclic) bond motifs is 1. The maximum absolute atomic E-state index is 2.78. The highest BCUT2D eigenvalue weighted by Gasteiger charge is 2.85. The molecule has 160 valence electrons. The highest BCUT2D eigenvalue weighted by atomic mass is 14.9. The van der Waals surface area contributed by atoms with Gasteiger partial charge < -0.3 is 0 Å². The molecule has 0 nitrogen and oxygen atoms in total. The predicted octanol–water partition coefficient (Wildman–Crippen LogP) is 8.64. The Kier molecular flexibility index (Phi) is 5.00. The minimum atomic E-state index is 0.715. The molecule has 28 heavy (non-hydrogen) atoms. The minimum Gasteiger partial charge on any atom is -0.0654 e. The first-order valence-electron chi connectivity index (χ1n) is 13.5. The smallest absolute Gasteiger partial charge is 0.0168 e. The lowest BCUT2D eigenvalue weighted by molar-refractivity contribution is 0.0295. The van der Waals surface area contributed by atoms with Crippen molar-refractivity contribution in [2.24, 2.45) is 51.8 Å². The van der Waals surface area contributed by atoms with Gasteiger partial charge in [-0.1, -0.05) is 59.8 Å². The van der Waals surface area contributed by atoms with E-state index >= 15 is 0 Å². The van der Waals surface area contributed by atoms with Crippen LogP contribution in [0.5, 0.6) is 0 Å². The summed E-state index contributed by atoms with van der Waals surface area (Å²) in [5.74, 6) is 6.46. The van der Waals surface area contributed by atoms with Gasteiger partial charge in [0.1, 0.15) is 0 Å². The first-order valence-corrected chi connectivity index (χ1v) is 13.5. The molecule has 5 aliphatic carbocycles. The Morgan fingerprint density at radius 3 is 2.43 bits per heavy atom. The Labute approximate surface area is 176 Å². The summed E-state index contributed by atoms with van der Waals surface area (Å²) in [6.07, 6.45) is 23.4. The van der Waals surface area contributed by atoms with Crippen molar-refractivity contribution in [2.75, 3.05) is 0 Å². The summed E-state index contributed by atoms with van der Waals surface area (Å²) in [5.41, 5.74) is 2.41. The quantitative estimate of drug-likeness (QED) is 0.385. The van der Waals surface area contributed by atoms with Gasteiger partial charge in [0.15, 0.2) is 0 Å². The van der Waals surface area contributed by atoms with Crippen LogP contribution in [0, 0.1) is 51.8 Å². The molecule has 5 saturated carbocycles. The fourth-order valence-electron chi connectivity index (χ4n) is 10.7. The average Bonchev–Trinajstić information content (AvgIpc) is 2.90. The number of unbranched alkanes of at least 4 members (excludes halogenated alkanes) is 1. The third-order valence-corrected chi connectivity index (χ3v) is 11.7. The average molecular weight is 385 g/mol. The van der Waals surface area contributed by atoms with Gasteiger partial charge in [-0.05, 0) is 116 Å². The van der Waals surface area contributed by atoms with E-state index in [1.54, 1.807) is 64.2 Å². The van der Waals surface area contributed by atoms with Gasteiger partial charge in [-0.2, -0.15) is 0 Å². The van der Waals surface area contributed by atoms with E-state index in [0.29, 0.717) is 5.41 Å². The summed E-state index contributed by atoms with van der Waals surface area (Å²) >= 11 is 0. The molecule has 5 fully saturated rings. The summed E-state index contributed by atoms with van der Waals surface area (Å²) in [6.45, 7) is 9.98. The zero-order valence-corrected chi connectivity index (χ0v) is 19.6. The summed E-state index contributed by atoms with van der Waals surface area (Å²) in [7, 11) is 0. The van der Waals surface area contributed by atoms with Gasteiger partial charge >= 0.3 is 0 Å². The minimum absolute atomic E-state index is 0.715. The second kappa shape index (κ2) is 7.02. The lowest BCUT2D eigenvalue weighted by atomic mass is 9.59. The maximum Gasteiger partial charge on any atom is -0.0168 e. The topological polar surface area (TPSA) is 0 Å². The normalized spacial score (nSPS) is 51.5. The molecular formula is C28H48. The molecule has 0 saturated heterocycles. The lowest BCUT2D eigenvalue weighted by Crippen LogP contribution is -2.39. The van der Waals surface area contributed by atoms with E-state index in [0.717, 1.165) is 40.4 Å². The molecule has 0 bridgehead atoms. The molecular weight excluding hydrogens is 336 g/mol.